The number of alkyl halides is 1. The van der Waals surface area contributed by atoms with Crippen LogP contribution >= 0.6 is 11.6 Å². The molecule has 0 N–H and O–H groups in total. The first kappa shape index (κ1) is 16.6. The highest BCUT2D eigenvalue weighted by Gasteiger charge is 2.59. The molecule has 0 amide bonds. The number of allylic oxidation sites excluding steroid dienone is 4. The maximum Gasteiger partial charge on any atom is 0.178 e. The van der Waals surface area contributed by atoms with Crippen LogP contribution in [-0.4, -0.2) is 17.4 Å². The Bertz CT molecular complexity index is 648. The van der Waals surface area contributed by atoms with Crippen LogP contribution in [0.1, 0.15) is 52.4 Å². The van der Waals surface area contributed by atoms with Crippen molar-refractivity contribution in [3.63, 3.8) is 0 Å². The Morgan fingerprint density at radius 1 is 1.21 bits per heavy atom. The third kappa shape index (κ3) is 2.14. The van der Waals surface area contributed by atoms with Gasteiger partial charge in [0.2, 0.25) is 0 Å². The number of Topliss-reactive ketones (excluding diaryl/α,β-unsaturated/α-hetero) is 1. The second-order valence-electron chi connectivity index (χ2n) is 8.88. The summed E-state index contributed by atoms with van der Waals surface area (Å²) in [7, 11) is 0. The molecular formula is C21H27ClO2. The predicted octanol–water partition coefficient (Wildman–Crippen LogP) is 4.72. The number of carbonyl (C=O) groups is 2. The van der Waals surface area contributed by atoms with Gasteiger partial charge in [0, 0.05) is 11.3 Å². The maximum atomic E-state index is 12.4. The molecular weight excluding hydrogens is 320 g/mol. The number of rotatable bonds is 2. The number of ketones is 2. The van der Waals surface area contributed by atoms with Gasteiger partial charge in [0.15, 0.2) is 11.6 Å². The van der Waals surface area contributed by atoms with Crippen molar-refractivity contribution in [3.8, 4) is 0 Å². The minimum Gasteiger partial charge on any atom is -0.298 e. The number of fused-ring (bicyclic) bond motifs is 5. The summed E-state index contributed by atoms with van der Waals surface area (Å²) in [6, 6.07) is 0. The van der Waals surface area contributed by atoms with E-state index in [1.54, 1.807) is 6.08 Å². The third-order valence-electron chi connectivity index (χ3n) is 8.08. The van der Waals surface area contributed by atoms with E-state index in [0.717, 1.165) is 25.7 Å². The quantitative estimate of drug-likeness (QED) is 0.678. The molecule has 0 unspecified atom stereocenters. The molecule has 0 saturated heterocycles. The summed E-state index contributed by atoms with van der Waals surface area (Å²) in [5, 5.41) is 0. The molecule has 4 rings (SSSR count). The first-order chi connectivity index (χ1) is 11.4. The lowest BCUT2D eigenvalue weighted by atomic mass is 9.47. The predicted molar refractivity (Wildman–Crippen MR) is 95.8 cm³/mol. The molecule has 0 radical (unpaired) electrons. The van der Waals surface area contributed by atoms with Gasteiger partial charge in [0.25, 0.3) is 0 Å². The molecule has 0 aliphatic heterocycles. The molecule has 0 heterocycles. The Balaban J connectivity index is 1.66. The smallest absolute Gasteiger partial charge is 0.178 e. The van der Waals surface area contributed by atoms with Crippen molar-refractivity contribution in [3.05, 3.63) is 23.8 Å². The van der Waals surface area contributed by atoms with Gasteiger partial charge in [0.1, 0.15) is 0 Å². The van der Waals surface area contributed by atoms with E-state index in [9.17, 15) is 9.59 Å². The molecule has 4 aliphatic rings. The summed E-state index contributed by atoms with van der Waals surface area (Å²) in [6.07, 6.45) is 12.5. The zero-order chi connectivity index (χ0) is 17.1. The Kier molecular flexibility index (Phi) is 3.84. The zero-order valence-corrected chi connectivity index (χ0v) is 15.4. The number of hydrogen-bond donors (Lipinski definition) is 0. The van der Waals surface area contributed by atoms with Crippen molar-refractivity contribution >= 4 is 23.2 Å². The minimum atomic E-state index is 0.0484. The molecule has 3 heteroatoms. The highest BCUT2D eigenvalue weighted by atomic mass is 35.5. The van der Waals surface area contributed by atoms with Gasteiger partial charge in [-0.1, -0.05) is 25.5 Å². The summed E-state index contributed by atoms with van der Waals surface area (Å²) in [5.41, 5.74) is 1.53. The number of hydrogen-bond acceptors (Lipinski definition) is 2. The van der Waals surface area contributed by atoms with Crippen LogP contribution in [0.5, 0.6) is 0 Å². The van der Waals surface area contributed by atoms with Crippen LogP contribution in [0.4, 0.5) is 0 Å². The molecule has 4 aliphatic carbocycles. The van der Waals surface area contributed by atoms with Gasteiger partial charge >= 0.3 is 0 Å². The fourth-order valence-electron chi connectivity index (χ4n) is 6.82. The van der Waals surface area contributed by atoms with Crippen molar-refractivity contribution in [2.45, 2.75) is 52.4 Å². The van der Waals surface area contributed by atoms with Crippen molar-refractivity contribution in [1.29, 1.82) is 0 Å². The minimum absolute atomic E-state index is 0.0484. The van der Waals surface area contributed by atoms with Gasteiger partial charge < -0.3 is 0 Å². The normalized spacial score (nSPS) is 46.8. The fraction of sp³-hybridized carbons (Fsp3) is 0.714. The molecule has 3 fully saturated rings. The van der Waals surface area contributed by atoms with Gasteiger partial charge in [0.05, 0.1) is 5.88 Å². The lowest BCUT2D eigenvalue weighted by Crippen LogP contribution is -2.50. The van der Waals surface area contributed by atoms with Crippen molar-refractivity contribution in [2.24, 2.45) is 34.5 Å². The van der Waals surface area contributed by atoms with E-state index < -0.39 is 0 Å². The molecule has 3 saturated carbocycles. The fourth-order valence-corrected chi connectivity index (χ4v) is 7.01. The molecule has 24 heavy (non-hydrogen) atoms. The third-order valence-corrected chi connectivity index (χ3v) is 8.34. The highest BCUT2D eigenvalue weighted by molar-refractivity contribution is 6.28. The van der Waals surface area contributed by atoms with Gasteiger partial charge in [-0.2, -0.15) is 0 Å². The number of halogens is 1. The van der Waals surface area contributed by atoms with E-state index in [-0.39, 0.29) is 34.2 Å². The van der Waals surface area contributed by atoms with Crippen LogP contribution in [-0.2, 0) is 9.59 Å². The second kappa shape index (κ2) is 5.56. The summed E-state index contributed by atoms with van der Waals surface area (Å²) < 4.78 is 0. The largest absolute Gasteiger partial charge is 0.298 e. The standard InChI is InChI=1S/C21H27ClO2/c1-20-9-7-14(23)11-13(20)3-4-15-16-5-6-18(19(24)12-22)21(16,2)10-8-17(15)20/h7,9,11,15-18H,3-6,8,10,12H2,1-2H3/t15-,16-,17-,18+,20-,21-/m0/s1. The molecule has 130 valence electrons. The topological polar surface area (TPSA) is 34.1 Å². The summed E-state index contributed by atoms with van der Waals surface area (Å²) in [4.78, 5) is 24.2. The Morgan fingerprint density at radius 2 is 2.00 bits per heavy atom. The Morgan fingerprint density at radius 3 is 2.75 bits per heavy atom. The lowest BCUT2D eigenvalue weighted by Gasteiger charge is -2.56. The SMILES string of the molecule is C[C@]12CC[C@H]3[C@@H](CCC4=CC(=O)C=C[C@@]43C)[C@@H]1CC[C@@H]2C(=O)CCl. The van der Waals surface area contributed by atoms with Crippen molar-refractivity contribution in [2.75, 3.05) is 5.88 Å². The summed E-state index contributed by atoms with van der Waals surface area (Å²) in [6.45, 7) is 4.68. The monoisotopic (exact) mass is 346 g/mol. The molecule has 0 aromatic rings. The average molecular weight is 347 g/mol. The first-order valence-corrected chi connectivity index (χ1v) is 9.96. The number of carbonyl (C=O) groups excluding carboxylic acids is 2. The molecule has 0 aromatic carbocycles. The van der Waals surface area contributed by atoms with Crippen molar-refractivity contribution < 1.29 is 9.59 Å². The van der Waals surface area contributed by atoms with Crippen molar-refractivity contribution in [1.82, 2.24) is 0 Å². The van der Waals surface area contributed by atoms with E-state index in [2.05, 4.69) is 19.9 Å². The highest BCUT2D eigenvalue weighted by Crippen LogP contribution is 2.66. The molecule has 0 bridgehead atoms. The summed E-state index contributed by atoms with van der Waals surface area (Å²) >= 11 is 5.89. The van der Waals surface area contributed by atoms with Gasteiger partial charge in [-0.3, -0.25) is 9.59 Å². The van der Waals surface area contributed by atoms with Crippen LogP contribution < -0.4 is 0 Å². The average Bonchev–Trinajstić information content (AvgIpc) is 2.92. The first-order valence-electron chi connectivity index (χ1n) is 9.43. The van der Waals surface area contributed by atoms with E-state index in [1.807, 2.05) is 6.08 Å². The Hall–Kier alpha value is -0.890. The van der Waals surface area contributed by atoms with E-state index in [1.165, 1.54) is 18.4 Å². The van der Waals surface area contributed by atoms with Gasteiger partial charge in [-0.15, -0.1) is 11.6 Å². The van der Waals surface area contributed by atoms with Gasteiger partial charge in [-0.25, -0.2) is 0 Å². The summed E-state index contributed by atoms with van der Waals surface area (Å²) in [5.74, 6) is 2.66. The maximum absolute atomic E-state index is 12.4. The van der Waals surface area contributed by atoms with E-state index in [0.29, 0.717) is 17.8 Å². The lowest BCUT2D eigenvalue weighted by molar-refractivity contribution is -0.127. The van der Waals surface area contributed by atoms with Crippen LogP contribution in [0.15, 0.2) is 23.8 Å². The molecule has 0 aromatic heterocycles. The van der Waals surface area contributed by atoms with E-state index in [4.69, 9.17) is 11.6 Å². The zero-order valence-electron chi connectivity index (χ0n) is 14.7. The van der Waals surface area contributed by atoms with Crippen LogP contribution in [0.2, 0.25) is 0 Å². The van der Waals surface area contributed by atoms with Crippen LogP contribution in [0.3, 0.4) is 0 Å². The molecule has 2 nitrogen and oxygen atoms in total. The van der Waals surface area contributed by atoms with Gasteiger partial charge in [-0.05, 0) is 73.8 Å². The molecule has 6 atom stereocenters. The van der Waals surface area contributed by atoms with E-state index >= 15 is 0 Å². The second-order valence-corrected chi connectivity index (χ2v) is 9.15. The Labute approximate surface area is 149 Å². The van der Waals surface area contributed by atoms with Crippen LogP contribution in [0.25, 0.3) is 0 Å². The van der Waals surface area contributed by atoms with Crippen LogP contribution in [0, 0.1) is 34.5 Å². The molecule has 0 spiro atoms.